The molecule has 0 aliphatic heterocycles. The highest BCUT2D eigenvalue weighted by atomic mass is 16.3. The summed E-state index contributed by atoms with van der Waals surface area (Å²) in [5.74, 6) is -0.234. The summed E-state index contributed by atoms with van der Waals surface area (Å²) in [6.07, 6.45) is 1.46. The van der Waals surface area contributed by atoms with Crippen LogP contribution in [0.3, 0.4) is 0 Å². The molecule has 1 aromatic carbocycles. The van der Waals surface area contributed by atoms with Crippen molar-refractivity contribution in [3.05, 3.63) is 36.0 Å². The number of carbonyl (C=O) groups is 1. The van der Waals surface area contributed by atoms with E-state index in [2.05, 4.69) is 5.32 Å². The summed E-state index contributed by atoms with van der Waals surface area (Å²) in [6, 6.07) is 8.33. The Bertz CT molecular complexity index is 512. The van der Waals surface area contributed by atoms with Crippen molar-refractivity contribution in [2.45, 2.75) is 19.9 Å². The number of aromatic hydroxyl groups is 1. The Balaban J connectivity index is 2.89. The quantitative estimate of drug-likeness (QED) is 0.638. The summed E-state index contributed by atoms with van der Waals surface area (Å²) in [7, 11) is 1.73. The average Bonchev–Trinajstić information content (AvgIpc) is 2.35. The van der Waals surface area contributed by atoms with E-state index in [1.165, 1.54) is 6.20 Å². The largest absolute Gasteiger partial charge is 0.508 e. The number of amides is 1. The molecule has 0 heterocycles. The van der Waals surface area contributed by atoms with Crippen LogP contribution in [0.5, 0.6) is 5.75 Å². The highest BCUT2D eigenvalue weighted by Gasteiger charge is 2.11. The van der Waals surface area contributed by atoms with E-state index in [4.69, 9.17) is 5.26 Å². The second-order valence-corrected chi connectivity index (χ2v) is 4.41. The molecule has 1 amide bonds. The molecule has 19 heavy (non-hydrogen) atoms. The molecule has 1 rings (SSSR count). The SMILES string of the molecule is CC(C)NC(=O)/C(C#N)=C\N(C)c1ccc(O)cc1. The van der Waals surface area contributed by atoms with Gasteiger partial charge < -0.3 is 15.3 Å². The fourth-order valence-electron chi connectivity index (χ4n) is 1.43. The summed E-state index contributed by atoms with van der Waals surface area (Å²) < 4.78 is 0. The minimum Gasteiger partial charge on any atom is -0.508 e. The molecule has 0 fully saturated rings. The number of phenols is 1. The number of carbonyl (C=O) groups excluding carboxylic acids is 1. The maximum absolute atomic E-state index is 11.7. The van der Waals surface area contributed by atoms with Crippen LogP contribution in [0.25, 0.3) is 0 Å². The Morgan fingerprint density at radius 2 is 2.00 bits per heavy atom. The van der Waals surface area contributed by atoms with Crippen molar-refractivity contribution in [2.75, 3.05) is 11.9 Å². The third-order valence-corrected chi connectivity index (χ3v) is 2.36. The Hall–Kier alpha value is -2.48. The van der Waals surface area contributed by atoms with E-state index in [9.17, 15) is 9.90 Å². The highest BCUT2D eigenvalue weighted by molar-refractivity contribution is 5.97. The Morgan fingerprint density at radius 3 is 2.47 bits per heavy atom. The van der Waals surface area contributed by atoms with E-state index in [1.54, 1.807) is 36.2 Å². The molecule has 0 spiro atoms. The predicted octanol–water partition coefficient (Wildman–Crippen LogP) is 1.76. The third kappa shape index (κ3) is 4.36. The van der Waals surface area contributed by atoms with Crippen molar-refractivity contribution < 1.29 is 9.90 Å². The topological polar surface area (TPSA) is 76.4 Å². The van der Waals surface area contributed by atoms with Crippen molar-refractivity contribution in [2.24, 2.45) is 0 Å². The molecule has 0 atom stereocenters. The zero-order valence-electron chi connectivity index (χ0n) is 11.2. The number of nitrogens with zero attached hydrogens (tertiary/aromatic N) is 2. The molecular weight excluding hydrogens is 242 g/mol. The van der Waals surface area contributed by atoms with Crippen LogP contribution in [0.2, 0.25) is 0 Å². The first-order chi connectivity index (χ1) is 8.93. The lowest BCUT2D eigenvalue weighted by Gasteiger charge is -2.15. The number of hydrogen-bond donors (Lipinski definition) is 2. The van der Waals surface area contributed by atoms with Gasteiger partial charge in [0.25, 0.3) is 5.91 Å². The molecule has 0 bridgehead atoms. The monoisotopic (exact) mass is 259 g/mol. The molecule has 0 saturated heterocycles. The number of nitrogens with one attached hydrogen (secondary N) is 1. The van der Waals surface area contributed by atoms with Crippen molar-refractivity contribution in [1.82, 2.24) is 5.32 Å². The van der Waals surface area contributed by atoms with Crippen LogP contribution in [0.4, 0.5) is 5.69 Å². The van der Waals surface area contributed by atoms with Crippen LogP contribution in [-0.4, -0.2) is 24.1 Å². The van der Waals surface area contributed by atoms with Crippen molar-refractivity contribution >= 4 is 11.6 Å². The smallest absolute Gasteiger partial charge is 0.263 e. The molecule has 0 unspecified atom stereocenters. The van der Waals surface area contributed by atoms with Gasteiger partial charge in [-0.2, -0.15) is 5.26 Å². The van der Waals surface area contributed by atoms with Gasteiger partial charge in [0, 0.05) is 25.0 Å². The van der Waals surface area contributed by atoms with Gasteiger partial charge in [0.05, 0.1) is 0 Å². The summed E-state index contributed by atoms with van der Waals surface area (Å²) in [4.78, 5) is 13.4. The van der Waals surface area contributed by atoms with E-state index >= 15 is 0 Å². The van der Waals surface area contributed by atoms with E-state index in [-0.39, 0.29) is 17.4 Å². The lowest BCUT2D eigenvalue weighted by molar-refractivity contribution is -0.117. The van der Waals surface area contributed by atoms with Gasteiger partial charge in [-0.15, -0.1) is 0 Å². The minimum absolute atomic E-state index is 0.0248. The van der Waals surface area contributed by atoms with Gasteiger partial charge in [-0.25, -0.2) is 0 Å². The number of hydrogen-bond acceptors (Lipinski definition) is 4. The van der Waals surface area contributed by atoms with Crippen LogP contribution in [0.1, 0.15) is 13.8 Å². The lowest BCUT2D eigenvalue weighted by atomic mass is 10.2. The molecule has 0 aliphatic carbocycles. The number of phenolic OH excluding ortho intramolecular Hbond substituents is 1. The van der Waals surface area contributed by atoms with Crippen LogP contribution < -0.4 is 10.2 Å². The third-order valence-electron chi connectivity index (χ3n) is 2.36. The first-order valence-electron chi connectivity index (χ1n) is 5.88. The molecule has 5 nitrogen and oxygen atoms in total. The molecule has 0 aromatic heterocycles. The maximum atomic E-state index is 11.7. The van der Waals surface area contributed by atoms with Crippen LogP contribution in [-0.2, 0) is 4.79 Å². The predicted molar refractivity (Wildman–Crippen MR) is 73.5 cm³/mol. The van der Waals surface area contributed by atoms with Crippen molar-refractivity contribution in [1.29, 1.82) is 5.26 Å². The van der Waals surface area contributed by atoms with Crippen LogP contribution in [0, 0.1) is 11.3 Å². The summed E-state index contributed by atoms with van der Waals surface area (Å²) in [6.45, 7) is 3.66. The second-order valence-electron chi connectivity index (χ2n) is 4.41. The summed E-state index contributed by atoms with van der Waals surface area (Å²) in [5.41, 5.74) is 0.798. The van der Waals surface area contributed by atoms with Crippen LogP contribution >= 0.6 is 0 Å². The van der Waals surface area contributed by atoms with Gasteiger partial charge in [-0.05, 0) is 38.1 Å². The molecule has 0 radical (unpaired) electrons. The average molecular weight is 259 g/mol. The van der Waals surface area contributed by atoms with Gasteiger partial charge >= 0.3 is 0 Å². The maximum Gasteiger partial charge on any atom is 0.263 e. The second kappa shape index (κ2) is 6.45. The Labute approximate surface area is 112 Å². The van der Waals surface area contributed by atoms with Crippen LogP contribution in [0.15, 0.2) is 36.0 Å². The number of nitriles is 1. The summed E-state index contributed by atoms with van der Waals surface area (Å²) in [5, 5.41) is 20.9. The zero-order valence-corrected chi connectivity index (χ0v) is 11.2. The minimum atomic E-state index is -0.400. The van der Waals surface area contributed by atoms with Gasteiger partial charge in [-0.3, -0.25) is 4.79 Å². The van der Waals surface area contributed by atoms with Gasteiger partial charge in [-0.1, -0.05) is 0 Å². The highest BCUT2D eigenvalue weighted by Crippen LogP contribution is 2.17. The van der Waals surface area contributed by atoms with Gasteiger partial charge in [0.15, 0.2) is 0 Å². The fourth-order valence-corrected chi connectivity index (χ4v) is 1.43. The fraction of sp³-hybridized carbons (Fsp3) is 0.286. The van der Waals surface area contributed by atoms with E-state index in [1.807, 2.05) is 19.9 Å². The van der Waals surface area contributed by atoms with E-state index in [0.29, 0.717) is 0 Å². The lowest BCUT2D eigenvalue weighted by Crippen LogP contribution is -2.31. The normalized spacial score (nSPS) is 11.0. The number of anilines is 1. The molecule has 5 heteroatoms. The van der Waals surface area contributed by atoms with Gasteiger partial charge in [0.1, 0.15) is 17.4 Å². The first kappa shape index (κ1) is 14.6. The van der Waals surface area contributed by atoms with Crippen molar-refractivity contribution in [3.8, 4) is 11.8 Å². The molecule has 0 aliphatic rings. The Morgan fingerprint density at radius 1 is 1.42 bits per heavy atom. The van der Waals surface area contributed by atoms with E-state index in [0.717, 1.165) is 5.69 Å². The summed E-state index contributed by atoms with van der Waals surface area (Å²) >= 11 is 0. The van der Waals surface area contributed by atoms with E-state index < -0.39 is 5.91 Å². The number of benzene rings is 1. The van der Waals surface area contributed by atoms with Gasteiger partial charge in [0.2, 0.25) is 0 Å². The molecule has 0 saturated carbocycles. The van der Waals surface area contributed by atoms with Crippen molar-refractivity contribution in [3.63, 3.8) is 0 Å². The molecule has 1 aromatic rings. The first-order valence-corrected chi connectivity index (χ1v) is 5.88. The molecule has 100 valence electrons. The molecular formula is C14H17N3O2. The number of rotatable bonds is 4. The zero-order chi connectivity index (χ0) is 14.4. The molecule has 2 N–H and O–H groups in total. The standard InChI is InChI=1S/C14H17N3O2/c1-10(2)16-14(19)11(8-15)9-17(3)12-4-6-13(18)7-5-12/h4-7,9-10,18H,1-3H3,(H,16,19)/b11-9-. The Kier molecular flexibility index (Phi) is 4.95.